The summed E-state index contributed by atoms with van der Waals surface area (Å²) in [7, 11) is 0. The van der Waals surface area contributed by atoms with Gasteiger partial charge in [0.25, 0.3) is 0 Å². The number of carboxylic acid groups (broad SMARTS) is 1. The molecule has 18 atom stereocenters. The van der Waals surface area contributed by atoms with Crippen molar-refractivity contribution >= 4 is 154 Å². The van der Waals surface area contributed by atoms with E-state index in [1.54, 1.807) is 34.0 Å². The highest BCUT2D eigenvalue weighted by atomic mass is 32.2. The summed E-state index contributed by atoms with van der Waals surface area (Å²) in [6, 6.07) is -23.9. The number of aromatic amines is 1. The van der Waals surface area contributed by atoms with E-state index < -0.39 is 271 Å². The summed E-state index contributed by atoms with van der Waals surface area (Å²) in [5.74, 6) is -21.2. The average molecular weight is 1840 g/mol. The second-order valence-electron chi connectivity index (χ2n) is 32.3. The van der Waals surface area contributed by atoms with Crippen molar-refractivity contribution < 1.29 is 116 Å². The van der Waals surface area contributed by atoms with Crippen LogP contribution in [0.2, 0.25) is 0 Å². The van der Waals surface area contributed by atoms with Gasteiger partial charge < -0.3 is 132 Å². The first-order valence-electron chi connectivity index (χ1n) is 41.3. The number of imidazole rings is 1. The van der Waals surface area contributed by atoms with Gasteiger partial charge in [-0.1, -0.05) is 55.4 Å². The lowest BCUT2D eigenvalue weighted by Gasteiger charge is -2.33. The van der Waals surface area contributed by atoms with Crippen molar-refractivity contribution in [2.45, 2.75) is 256 Å². The molecule has 0 radical (unpaired) electrons. The minimum atomic E-state index is -2.02. The van der Waals surface area contributed by atoms with Gasteiger partial charge in [0.15, 0.2) is 0 Å². The first-order chi connectivity index (χ1) is 59.1. The van der Waals surface area contributed by atoms with Crippen molar-refractivity contribution in [2.24, 2.45) is 40.9 Å². The van der Waals surface area contributed by atoms with Gasteiger partial charge in [0.2, 0.25) is 112 Å². The zero-order chi connectivity index (χ0) is 95.3. The summed E-state index contributed by atoms with van der Waals surface area (Å²) in [6.45, 7) is 13.9. The molecule has 1 aromatic rings. The van der Waals surface area contributed by atoms with E-state index in [-0.39, 0.29) is 82.0 Å². The Labute approximate surface area is 743 Å². The van der Waals surface area contributed by atoms with Crippen LogP contribution >= 0.6 is 36.2 Å². The molecule has 49 heteroatoms. The Morgan fingerprint density at radius 1 is 0.476 bits per heavy atom. The number of aliphatic carboxylic acids is 1. The lowest BCUT2D eigenvalue weighted by Crippen LogP contribution is -2.63. The van der Waals surface area contributed by atoms with Crippen LogP contribution in [0.25, 0.3) is 0 Å². The molecule has 0 saturated carbocycles. The molecule has 0 unspecified atom stereocenters. The van der Waals surface area contributed by atoms with Crippen LogP contribution in [0.1, 0.15) is 146 Å². The number of H-pyrrole nitrogens is 1. The van der Waals surface area contributed by atoms with Gasteiger partial charge >= 0.3 is 5.97 Å². The Kier molecular flexibility index (Phi) is 47.4. The van der Waals surface area contributed by atoms with Gasteiger partial charge in [-0.05, 0) is 120 Å². The predicted molar refractivity (Wildman–Crippen MR) is 461 cm³/mol. The van der Waals surface area contributed by atoms with Crippen molar-refractivity contribution in [2.75, 3.05) is 62.6 Å². The van der Waals surface area contributed by atoms with E-state index in [9.17, 15) is 116 Å². The number of carboxylic acids is 1. The molecule has 26 N–H and O–H groups in total. The van der Waals surface area contributed by atoms with E-state index in [2.05, 4.69) is 102 Å². The third kappa shape index (κ3) is 36.5. The number of thioether (sulfide) groups is 2. The normalized spacial score (nSPS) is 17.6. The molecule has 3 heterocycles. The summed E-state index contributed by atoms with van der Waals surface area (Å²) in [4.78, 5) is 280. The first-order valence-corrected chi connectivity index (χ1v) is 44.7. The van der Waals surface area contributed by atoms with Crippen LogP contribution in [0.4, 0.5) is 0 Å². The number of nitrogens with two attached hydrogens (primary N) is 3. The molecule has 708 valence electrons. The van der Waals surface area contributed by atoms with Gasteiger partial charge in [0, 0.05) is 37.2 Å². The highest BCUT2D eigenvalue weighted by molar-refractivity contribution is 7.98. The molecule has 2 aliphatic rings. The number of nitrogens with zero attached hydrogens (tertiary/aromatic N) is 3. The van der Waals surface area contributed by atoms with E-state index in [1.807, 2.05) is 20.1 Å². The van der Waals surface area contributed by atoms with Crippen LogP contribution in [0.3, 0.4) is 0 Å². The van der Waals surface area contributed by atoms with Crippen LogP contribution in [-0.4, -0.2) is 330 Å². The summed E-state index contributed by atoms with van der Waals surface area (Å²) < 4.78 is 0. The summed E-state index contributed by atoms with van der Waals surface area (Å²) >= 11 is 6.77. The van der Waals surface area contributed by atoms with E-state index in [1.165, 1.54) is 56.8 Å². The van der Waals surface area contributed by atoms with Crippen LogP contribution in [0, 0.1) is 23.7 Å². The molecule has 46 nitrogen and oxygen atoms in total. The molecule has 1 aromatic heterocycles. The van der Waals surface area contributed by atoms with Gasteiger partial charge in [-0.3, -0.25) is 91.1 Å². The fraction of sp³-hybridized carbons (Fsp3) is 0.701. The van der Waals surface area contributed by atoms with E-state index >= 15 is 0 Å². The molecule has 2 fully saturated rings. The third-order valence-electron chi connectivity index (χ3n) is 20.1. The lowest BCUT2D eigenvalue weighted by molar-refractivity contribution is -0.144. The first kappa shape index (κ1) is 110. The monoisotopic (exact) mass is 1840 g/mol. The van der Waals surface area contributed by atoms with Gasteiger partial charge in [-0.15, -0.1) is 0 Å². The van der Waals surface area contributed by atoms with Crippen molar-refractivity contribution in [1.29, 1.82) is 0 Å². The molecule has 19 amide bonds. The molecular weight excluding hydrogens is 1710 g/mol. The molecule has 2 saturated heterocycles. The van der Waals surface area contributed by atoms with Crippen molar-refractivity contribution in [3.05, 3.63) is 18.2 Å². The molecular formula is C77H128N22O24S3. The highest BCUT2D eigenvalue weighted by Crippen LogP contribution is 2.23. The maximum Gasteiger partial charge on any atom is 0.327 e. The van der Waals surface area contributed by atoms with Gasteiger partial charge in [-0.25, -0.2) is 9.78 Å². The topological polar surface area (TPSA) is 716 Å². The smallest absolute Gasteiger partial charge is 0.327 e. The zero-order valence-corrected chi connectivity index (χ0v) is 75.6. The number of primary amides is 2. The maximum atomic E-state index is 14.6. The fourth-order valence-electron chi connectivity index (χ4n) is 13.3. The van der Waals surface area contributed by atoms with Crippen molar-refractivity contribution in [3.63, 3.8) is 0 Å². The standard InChI is InChI=1S/C77H128N22O24S3/c1-35(2)24-45(88-62(107)43(78)18-22-125-12)63(108)83-31-57(106)87-48(27-54(79)103)66(111)85-39(9)75(120)98-20-14-16-52(98)71(116)92-50(32-100)69(114)94-58(37(5)6)72(117)95-59(38(7)8)76(121)99-21-15-17-53(99)70(115)90-49(28-55(80)104)68(113)96-61(41(11)102)74(119)97-60(40(10)101)73(118)91-46(25-36(3)4)64(109)82-30-56(105)86-44(19-23-126-13)65(110)89-47(26-42-29-81-34-84-42)67(112)93-51(33-124)77(122)123/h29,34-41,43-53,58-61,100-102,124H,14-28,30-33,78H2,1-13H3,(H2,79,103)(H2,80,104)(H,81,84)(H,82,109)(H,83,108)(H,85,111)(H,86,105)(H,87,106)(H,88,107)(H,89,110)(H,90,115)(H,91,118)(H,92,116)(H,93,112)(H,94,114)(H,95,117)(H,96,113)(H,97,119)(H,122,123)/t39-,40+,41+,43-,44-,45-,46-,47-,48-,49-,50-,51-,52-,53-,58-,59-,60-,61-/m0/s1. The number of aliphatic hydroxyl groups is 3. The second-order valence-corrected chi connectivity index (χ2v) is 34.7. The van der Waals surface area contributed by atoms with Crippen molar-refractivity contribution in [1.82, 2.24) is 99.5 Å². The number of carbonyl (C=O) groups is 20. The van der Waals surface area contributed by atoms with Crippen LogP contribution < -0.4 is 97.0 Å². The van der Waals surface area contributed by atoms with Crippen molar-refractivity contribution in [3.8, 4) is 0 Å². The fourth-order valence-corrected chi connectivity index (χ4v) is 14.5. The number of nitrogens with one attached hydrogen (secondary N) is 16. The van der Waals surface area contributed by atoms with Crippen LogP contribution in [0.15, 0.2) is 12.5 Å². The number of hydrogen-bond donors (Lipinski definition) is 24. The Balaban J connectivity index is 1.72. The Bertz CT molecular complexity index is 3940. The SMILES string of the molecule is CSCC[C@H](NC(=O)CNC(=O)[C@H](CC(C)C)NC(=O)[C@@H](NC(=O)[C@@H](NC(=O)[C@H](CC(N)=O)NC(=O)[C@@H]1CCCN1C(=O)[C@@H](NC(=O)[C@@H](NC(=O)[C@H](CO)NC(=O)[C@@H]1CCCN1C(=O)[C@H](C)NC(=O)[C@H](CC(N)=O)NC(=O)CNC(=O)[C@H](CC(C)C)NC(=O)[C@@H](N)CCSC)C(C)C)C(C)C)[C@@H](C)O)[C@@H](C)O)C(=O)N[C@@H](Cc1cnc[nH]1)C(=O)N[C@@H](CS)C(=O)O. The predicted octanol–water partition coefficient (Wildman–Crippen LogP) is -8.75. The van der Waals surface area contributed by atoms with Crippen LogP contribution in [0.5, 0.6) is 0 Å². The summed E-state index contributed by atoms with van der Waals surface area (Å²) in [5, 5.41) is 78.1. The number of hydrogen-bond acceptors (Lipinski definition) is 28. The quantitative estimate of drug-likeness (QED) is 0.0269. The van der Waals surface area contributed by atoms with E-state index in [0.29, 0.717) is 23.6 Å². The molecule has 0 bridgehead atoms. The molecule has 0 spiro atoms. The number of aliphatic hydroxyl groups excluding tert-OH is 3. The summed E-state index contributed by atoms with van der Waals surface area (Å²) in [6.07, 6.45) is 1.68. The lowest BCUT2D eigenvalue weighted by atomic mass is 9.98. The molecule has 2 aliphatic heterocycles. The Morgan fingerprint density at radius 2 is 0.873 bits per heavy atom. The van der Waals surface area contributed by atoms with Gasteiger partial charge in [0.05, 0.1) is 57.1 Å². The van der Waals surface area contributed by atoms with Gasteiger partial charge in [-0.2, -0.15) is 36.2 Å². The second kappa shape index (κ2) is 54.5. The Morgan fingerprint density at radius 3 is 1.33 bits per heavy atom. The number of amides is 19. The van der Waals surface area contributed by atoms with E-state index in [0.717, 1.165) is 23.6 Å². The molecule has 0 aliphatic carbocycles. The minimum absolute atomic E-state index is 0.0159. The molecule has 126 heavy (non-hydrogen) atoms. The zero-order valence-electron chi connectivity index (χ0n) is 73.1. The largest absolute Gasteiger partial charge is 0.480 e. The molecule has 0 aromatic carbocycles. The number of aromatic nitrogens is 2. The number of likely N-dealkylation sites (tertiary alicyclic amines) is 2. The minimum Gasteiger partial charge on any atom is -0.480 e. The average Bonchev–Trinajstić information content (AvgIpc) is 1.69. The number of carbonyl (C=O) groups excluding carboxylic acids is 19. The molecule has 3 rings (SSSR count). The number of thiol groups is 1. The highest BCUT2D eigenvalue weighted by Gasteiger charge is 2.45. The van der Waals surface area contributed by atoms with Gasteiger partial charge in [0.1, 0.15) is 90.6 Å². The Hall–Kier alpha value is -10.5. The number of rotatable bonds is 55. The third-order valence-corrected chi connectivity index (χ3v) is 21.7. The van der Waals surface area contributed by atoms with E-state index in [4.69, 9.17) is 17.2 Å². The summed E-state index contributed by atoms with van der Waals surface area (Å²) in [5.41, 5.74) is 17.3. The van der Waals surface area contributed by atoms with Crippen LogP contribution in [-0.2, 0) is 102 Å². The maximum absolute atomic E-state index is 14.6.